The summed E-state index contributed by atoms with van der Waals surface area (Å²) in [5.41, 5.74) is 4.70. The van der Waals surface area contributed by atoms with Crippen molar-refractivity contribution in [2.24, 2.45) is 0 Å². The van der Waals surface area contributed by atoms with Crippen LogP contribution in [0.1, 0.15) is 29.2 Å². The standard InChI is InChI=1S/C31H25/c1-24(26-22-21-25-13-11-12-14-27(25)23-26)31(28-15-5-2-6-16-28,29-17-7-3-8-18-29)30-19-9-4-10-20-30/h2-23H,1H3. The Hall–Kier alpha value is -3.64. The minimum Gasteiger partial charge on any atom is -0.0622 e. The van der Waals surface area contributed by atoms with Crippen LogP contribution >= 0.6 is 0 Å². The van der Waals surface area contributed by atoms with E-state index in [2.05, 4.69) is 140 Å². The Morgan fingerprint density at radius 1 is 0.452 bits per heavy atom. The van der Waals surface area contributed by atoms with Crippen LogP contribution in [0, 0.1) is 5.92 Å². The molecule has 0 aliphatic heterocycles. The quantitative estimate of drug-likeness (QED) is 0.265. The van der Waals surface area contributed by atoms with Crippen LogP contribution in [0.2, 0.25) is 0 Å². The highest BCUT2D eigenvalue weighted by Crippen LogP contribution is 2.49. The fourth-order valence-corrected chi connectivity index (χ4v) is 4.85. The Bertz CT molecular complexity index is 1170. The number of hydrogen-bond donors (Lipinski definition) is 0. The maximum absolute atomic E-state index is 2.33. The van der Waals surface area contributed by atoms with E-state index in [1.165, 1.54) is 38.9 Å². The first-order valence-corrected chi connectivity index (χ1v) is 10.8. The summed E-state index contributed by atoms with van der Waals surface area (Å²) in [4.78, 5) is 0. The molecule has 149 valence electrons. The number of fused-ring (bicyclic) bond motifs is 1. The highest BCUT2D eigenvalue weighted by molar-refractivity contribution is 5.84. The third-order valence-corrected chi connectivity index (χ3v) is 6.37. The van der Waals surface area contributed by atoms with Gasteiger partial charge in [0.15, 0.2) is 0 Å². The van der Waals surface area contributed by atoms with Gasteiger partial charge in [-0.1, -0.05) is 140 Å². The molecular weight excluding hydrogens is 372 g/mol. The van der Waals surface area contributed by atoms with Gasteiger partial charge in [-0.05, 0) is 33.0 Å². The summed E-state index contributed by atoms with van der Waals surface area (Å²) in [5, 5.41) is 2.53. The SMILES string of the molecule is C[C](c1ccc2ccccc2c1)C(c1ccccc1)(c1ccccc1)c1ccccc1. The molecule has 1 radical (unpaired) electrons. The maximum Gasteiger partial charge on any atom is 0.0553 e. The van der Waals surface area contributed by atoms with Crippen molar-refractivity contribution in [3.05, 3.63) is 162 Å². The van der Waals surface area contributed by atoms with E-state index < -0.39 is 0 Å². The van der Waals surface area contributed by atoms with Crippen molar-refractivity contribution in [3.8, 4) is 0 Å². The molecule has 0 saturated carbocycles. The van der Waals surface area contributed by atoms with Gasteiger partial charge in [-0.25, -0.2) is 0 Å². The first-order valence-electron chi connectivity index (χ1n) is 10.8. The predicted octanol–water partition coefficient (Wildman–Crippen LogP) is 7.82. The van der Waals surface area contributed by atoms with Gasteiger partial charge in [-0.15, -0.1) is 0 Å². The third kappa shape index (κ3) is 3.35. The molecule has 0 heterocycles. The molecule has 0 bridgehead atoms. The lowest BCUT2D eigenvalue weighted by Gasteiger charge is -2.41. The summed E-state index contributed by atoms with van der Waals surface area (Å²) in [6, 6.07) is 48.1. The molecule has 0 aliphatic rings. The van der Waals surface area contributed by atoms with Gasteiger partial charge in [0.25, 0.3) is 0 Å². The Balaban J connectivity index is 1.82. The van der Waals surface area contributed by atoms with Crippen LogP contribution in [0.15, 0.2) is 133 Å². The number of benzene rings is 5. The van der Waals surface area contributed by atoms with Crippen molar-refractivity contribution >= 4 is 10.8 Å². The molecule has 0 spiro atoms. The van der Waals surface area contributed by atoms with Crippen LogP contribution < -0.4 is 0 Å². The van der Waals surface area contributed by atoms with E-state index in [1.807, 2.05) is 0 Å². The van der Waals surface area contributed by atoms with Gasteiger partial charge < -0.3 is 0 Å². The lowest BCUT2D eigenvalue weighted by atomic mass is 9.60. The van der Waals surface area contributed by atoms with Crippen LogP contribution in [-0.4, -0.2) is 0 Å². The molecule has 0 atom stereocenters. The molecule has 0 N–H and O–H groups in total. The lowest BCUT2D eigenvalue weighted by molar-refractivity contribution is 0.654. The van der Waals surface area contributed by atoms with E-state index >= 15 is 0 Å². The van der Waals surface area contributed by atoms with Crippen LogP contribution in [0.5, 0.6) is 0 Å². The minimum atomic E-state index is -0.383. The molecular formula is C31H25. The molecule has 0 aromatic heterocycles. The number of hydrogen-bond acceptors (Lipinski definition) is 0. The van der Waals surface area contributed by atoms with Crippen molar-refractivity contribution in [1.29, 1.82) is 0 Å². The first-order chi connectivity index (χ1) is 15.3. The first kappa shape index (κ1) is 19.3. The zero-order chi connectivity index (χ0) is 21.1. The second-order valence-corrected chi connectivity index (χ2v) is 8.04. The van der Waals surface area contributed by atoms with E-state index in [9.17, 15) is 0 Å². The van der Waals surface area contributed by atoms with Crippen molar-refractivity contribution in [2.45, 2.75) is 12.3 Å². The average Bonchev–Trinajstić information content (AvgIpc) is 2.86. The third-order valence-electron chi connectivity index (χ3n) is 6.37. The summed E-state index contributed by atoms with van der Waals surface area (Å²) in [6.07, 6.45) is 0. The normalized spacial score (nSPS) is 11.7. The van der Waals surface area contributed by atoms with E-state index in [1.54, 1.807) is 0 Å². The van der Waals surface area contributed by atoms with Crippen LogP contribution in [-0.2, 0) is 5.41 Å². The zero-order valence-corrected chi connectivity index (χ0v) is 17.7. The summed E-state index contributed by atoms with van der Waals surface area (Å²) < 4.78 is 0. The summed E-state index contributed by atoms with van der Waals surface area (Å²) in [6.45, 7) is 2.29. The molecule has 31 heavy (non-hydrogen) atoms. The molecule has 0 fully saturated rings. The van der Waals surface area contributed by atoms with E-state index in [-0.39, 0.29) is 5.41 Å². The summed E-state index contributed by atoms with van der Waals surface area (Å²) >= 11 is 0. The van der Waals surface area contributed by atoms with Gasteiger partial charge in [0, 0.05) is 5.92 Å². The summed E-state index contributed by atoms with van der Waals surface area (Å²) in [5.74, 6) is 1.32. The maximum atomic E-state index is 2.33. The van der Waals surface area contributed by atoms with E-state index in [0.717, 1.165) is 0 Å². The topological polar surface area (TPSA) is 0 Å². The highest BCUT2D eigenvalue weighted by Gasteiger charge is 2.42. The fourth-order valence-electron chi connectivity index (χ4n) is 4.85. The highest BCUT2D eigenvalue weighted by atomic mass is 14.4. The Kier molecular flexibility index (Phi) is 5.14. The number of rotatable bonds is 5. The molecule has 0 nitrogen and oxygen atoms in total. The van der Waals surface area contributed by atoms with Crippen molar-refractivity contribution < 1.29 is 0 Å². The van der Waals surface area contributed by atoms with Gasteiger partial charge in [-0.3, -0.25) is 0 Å². The Morgan fingerprint density at radius 3 is 1.35 bits per heavy atom. The van der Waals surface area contributed by atoms with E-state index in [0.29, 0.717) is 0 Å². The van der Waals surface area contributed by atoms with Crippen molar-refractivity contribution in [2.75, 3.05) is 0 Å². The lowest BCUT2D eigenvalue weighted by Crippen LogP contribution is -2.36. The van der Waals surface area contributed by atoms with Crippen LogP contribution in [0.4, 0.5) is 0 Å². The molecule has 0 unspecified atom stereocenters. The van der Waals surface area contributed by atoms with E-state index in [4.69, 9.17) is 0 Å². The molecule has 0 saturated heterocycles. The van der Waals surface area contributed by atoms with Crippen LogP contribution in [0.3, 0.4) is 0 Å². The molecule has 0 heteroatoms. The summed E-state index contributed by atoms with van der Waals surface area (Å²) in [7, 11) is 0. The monoisotopic (exact) mass is 397 g/mol. The molecule has 5 aromatic carbocycles. The Labute approximate surface area is 184 Å². The van der Waals surface area contributed by atoms with Gasteiger partial charge >= 0.3 is 0 Å². The second kappa shape index (κ2) is 8.24. The largest absolute Gasteiger partial charge is 0.0622 e. The molecule has 0 aliphatic carbocycles. The second-order valence-electron chi connectivity index (χ2n) is 8.04. The van der Waals surface area contributed by atoms with Gasteiger partial charge in [0.2, 0.25) is 0 Å². The smallest absolute Gasteiger partial charge is 0.0553 e. The fraction of sp³-hybridized carbons (Fsp3) is 0.0645. The minimum absolute atomic E-state index is 0.383. The molecule has 5 aromatic rings. The van der Waals surface area contributed by atoms with Gasteiger partial charge in [0.1, 0.15) is 0 Å². The average molecular weight is 398 g/mol. The molecule has 0 amide bonds. The Morgan fingerprint density at radius 2 is 0.871 bits per heavy atom. The van der Waals surface area contributed by atoms with Crippen LogP contribution in [0.25, 0.3) is 10.8 Å². The van der Waals surface area contributed by atoms with Gasteiger partial charge in [-0.2, -0.15) is 0 Å². The van der Waals surface area contributed by atoms with Gasteiger partial charge in [0.05, 0.1) is 5.41 Å². The van der Waals surface area contributed by atoms with Crippen molar-refractivity contribution in [3.63, 3.8) is 0 Å². The zero-order valence-electron chi connectivity index (χ0n) is 17.7. The van der Waals surface area contributed by atoms with Crippen molar-refractivity contribution in [1.82, 2.24) is 0 Å². The molecule has 5 rings (SSSR count). The predicted molar refractivity (Wildman–Crippen MR) is 131 cm³/mol.